The predicted octanol–water partition coefficient (Wildman–Crippen LogP) is 3.46. The summed E-state index contributed by atoms with van der Waals surface area (Å²) in [5.41, 5.74) is 3.36. The van der Waals surface area contributed by atoms with E-state index in [1.165, 1.54) is 7.11 Å². The molecule has 1 N–H and O–H groups in total. The molecule has 0 aliphatic carbocycles. The van der Waals surface area contributed by atoms with Crippen molar-refractivity contribution in [3.63, 3.8) is 0 Å². The number of benzene rings is 1. The van der Waals surface area contributed by atoms with Gasteiger partial charge in [-0.25, -0.2) is 9.78 Å². The summed E-state index contributed by atoms with van der Waals surface area (Å²) in [6, 6.07) is 9.87. The molecule has 0 atom stereocenters. The van der Waals surface area contributed by atoms with Gasteiger partial charge in [-0.15, -0.1) is 0 Å². The Kier molecular flexibility index (Phi) is 3.14. The number of para-hydroxylation sites is 1. The Labute approximate surface area is 116 Å². The molecule has 0 aliphatic heterocycles. The van der Waals surface area contributed by atoms with E-state index in [1.54, 1.807) is 6.07 Å². The topological polar surface area (TPSA) is 55.0 Å². The number of aromatic nitrogens is 2. The van der Waals surface area contributed by atoms with Crippen molar-refractivity contribution in [3.05, 3.63) is 41.7 Å². The van der Waals surface area contributed by atoms with Crippen LogP contribution in [0.15, 0.2) is 30.3 Å². The minimum Gasteiger partial charge on any atom is -0.464 e. The number of aromatic amines is 1. The van der Waals surface area contributed by atoms with Crippen molar-refractivity contribution in [2.24, 2.45) is 0 Å². The number of hydrogen-bond donors (Lipinski definition) is 1. The van der Waals surface area contributed by atoms with Gasteiger partial charge in [-0.05, 0) is 18.6 Å². The number of fused-ring (bicyclic) bond motifs is 3. The van der Waals surface area contributed by atoms with Crippen LogP contribution < -0.4 is 0 Å². The quantitative estimate of drug-likeness (QED) is 0.740. The number of carbonyl (C=O) groups excluding carboxylic acids is 1. The van der Waals surface area contributed by atoms with Crippen molar-refractivity contribution >= 4 is 27.8 Å². The number of nitrogens with one attached hydrogen (secondary N) is 1. The number of hydrogen-bond acceptors (Lipinski definition) is 3. The first-order chi connectivity index (χ1) is 9.74. The lowest BCUT2D eigenvalue weighted by Crippen LogP contribution is -2.06. The molecule has 0 fully saturated rings. The SMILES string of the molecule is CCCc1nc(C(=O)OC)cc2c1[nH]c1ccccc12. The van der Waals surface area contributed by atoms with Crippen LogP contribution in [0.4, 0.5) is 0 Å². The summed E-state index contributed by atoms with van der Waals surface area (Å²) in [5.74, 6) is -0.394. The zero-order chi connectivity index (χ0) is 14.1. The molecule has 0 saturated carbocycles. The monoisotopic (exact) mass is 268 g/mol. The number of H-pyrrole nitrogens is 1. The zero-order valence-corrected chi connectivity index (χ0v) is 11.6. The molecule has 0 spiro atoms. The van der Waals surface area contributed by atoms with Crippen molar-refractivity contribution < 1.29 is 9.53 Å². The molecule has 2 heterocycles. The molecule has 2 aromatic heterocycles. The minimum atomic E-state index is -0.394. The van der Waals surface area contributed by atoms with E-state index in [0.717, 1.165) is 40.3 Å². The predicted molar refractivity (Wildman–Crippen MR) is 78.9 cm³/mol. The first-order valence-corrected chi connectivity index (χ1v) is 6.73. The van der Waals surface area contributed by atoms with Gasteiger partial charge in [-0.1, -0.05) is 31.5 Å². The fourth-order valence-corrected chi connectivity index (χ4v) is 2.54. The largest absolute Gasteiger partial charge is 0.464 e. The molecule has 0 unspecified atom stereocenters. The van der Waals surface area contributed by atoms with Crippen LogP contribution in [0.3, 0.4) is 0 Å². The number of ether oxygens (including phenoxy) is 1. The molecule has 0 aliphatic rings. The molecule has 4 nitrogen and oxygen atoms in total. The first kappa shape index (κ1) is 12.7. The Hall–Kier alpha value is -2.36. The van der Waals surface area contributed by atoms with Gasteiger partial charge >= 0.3 is 5.97 Å². The summed E-state index contributed by atoms with van der Waals surface area (Å²) in [6.07, 6.45) is 1.80. The number of carbonyl (C=O) groups is 1. The van der Waals surface area contributed by atoms with E-state index in [1.807, 2.05) is 24.3 Å². The van der Waals surface area contributed by atoms with Crippen LogP contribution in [0.2, 0.25) is 0 Å². The molecular formula is C16H16N2O2. The van der Waals surface area contributed by atoms with Gasteiger partial charge in [-0.2, -0.15) is 0 Å². The molecule has 0 bridgehead atoms. The number of esters is 1. The first-order valence-electron chi connectivity index (χ1n) is 6.73. The highest BCUT2D eigenvalue weighted by atomic mass is 16.5. The van der Waals surface area contributed by atoms with Gasteiger partial charge in [0.2, 0.25) is 0 Å². The van der Waals surface area contributed by atoms with E-state index in [-0.39, 0.29) is 0 Å². The molecular weight excluding hydrogens is 252 g/mol. The molecule has 4 heteroatoms. The molecule has 20 heavy (non-hydrogen) atoms. The maximum Gasteiger partial charge on any atom is 0.356 e. The van der Waals surface area contributed by atoms with Crippen molar-refractivity contribution in [1.82, 2.24) is 9.97 Å². The molecule has 0 amide bonds. The lowest BCUT2D eigenvalue weighted by Gasteiger charge is -2.04. The second kappa shape index (κ2) is 4.96. The molecule has 102 valence electrons. The van der Waals surface area contributed by atoms with Crippen LogP contribution in [-0.2, 0) is 11.2 Å². The van der Waals surface area contributed by atoms with Crippen LogP contribution in [0, 0.1) is 0 Å². The maximum atomic E-state index is 11.8. The Bertz CT molecular complexity index is 790. The van der Waals surface area contributed by atoms with Crippen LogP contribution >= 0.6 is 0 Å². The minimum absolute atomic E-state index is 0.369. The van der Waals surface area contributed by atoms with Crippen molar-refractivity contribution in [2.75, 3.05) is 7.11 Å². The summed E-state index contributed by atoms with van der Waals surface area (Å²) >= 11 is 0. The van der Waals surface area contributed by atoms with Crippen LogP contribution in [0.1, 0.15) is 29.5 Å². The van der Waals surface area contributed by atoms with E-state index < -0.39 is 5.97 Å². The van der Waals surface area contributed by atoms with Gasteiger partial charge in [0, 0.05) is 16.3 Å². The second-order valence-corrected chi connectivity index (χ2v) is 4.79. The third kappa shape index (κ3) is 1.93. The summed E-state index contributed by atoms with van der Waals surface area (Å²) < 4.78 is 4.80. The zero-order valence-electron chi connectivity index (χ0n) is 11.6. The van der Waals surface area contributed by atoms with Gasteiger partial charge in [0.15, 0.2) is 0 Å². The fraction of sp³-hybridized carbons (Fsp3) is 0.250. The maximum absolute atomic E-state index is 11.8. The fourth-order valence-electron chi connectivity index (χ4n) is 2.54. The summed E-state index contributed by atoms with van der Waals surface area (Å²) in [7, 11) is 1.38. The smallest absolute Gasteiger partial charge is 0.356 e. The van der Waals surface area contributed by atoms with E-state index in [0.29, 0.717) is 5.69 Å². The summed E-state index contributed by atoms with van der Waals surface area (Å²) in [5, 5.41) is 2.13. The van der Waals surface area contributed by atoms with E-state index in [4.69, 9.17) is 4.74 Å². The second-order valence-electron chi connectivity index (χ2n) is 4.79. The highest BCUT2D eigenvalue weighted by Crippen LogP contribution is 2.28. The average molecular weight is 268 g/mol. The lowest BCUT2D eigenvalue weighted by atomic mass is 10.1. The van der Waals surface area contributed by atoms with Crippen molar-refractivity contribution in [1.29, 1.82) is 0 Å². The Morgan fingerprint density at radius 2 is 2.10 bits per heavy atom. The van der Waals surface area contributed by atoms with Gasteiger partial charge in [0.25, 0.3) is 0 Å². The van der Waals surface area contributed by atoms with E-state index in [2.05, 4.69) is 16.9 Å². The van der Waals surface area contributed by atoms with Crippen LogP contribution in [-0.4, -0.2) is 23.0 Å². The molecule has 0 radical (unpaired) electrons. The normalized spacial score (nSPS) is 11.1. The van der Waals surface area contributed by atoms with Crippen LogP contribution in [0.25, 0.3) is 21.8 Å². The van der Waals surface area contributed by atoms with E-state index >= 15 is 0 Å². The Morgan fingerprint density at radius 3 is 2.85 bits per heavy atom. The summed E-state index contributed by atoms with van der Waals surface area (Å²) in [6.45, 7) is 2.10. The summed E-state index contributed by atoms with van der Waals surface area (Å²) in [4.78, 5) is 19.6. The van der Waals surface area contributed by atoms with Gasteiger partial charge in [0.05, 0.1) is 18.3 Å². The lowest BCUT2D eigenvalue weighted by molar-refractivity contribution is 0.0594. The Balaban J connectivity index is 2.35. The highest BCUT2D eigenvalue weighted by Gasteiger charge is 2.15. The average Bonchev–Trinajstić information content (AvgIpc) is 2.86. The number of pyridine rings is 1. The number of aryl methyl sites for hydroxylation is 1. The Morgan fingerprint density at radius 1 is 1.30 bits per heavy atom. The third-order valence-electron chi connectivity index (χ3n) is 3.45. The van der Waals surface area contributed by atoms with Gasteiger partial charge in [-0.3, -0.25) is 0 Å². The highest BCUT2D eigenvalue weighted by molar-refractivity contribution is 6.09. The van der Waals surface area contributed by atoms with Gasteiger partial charge in [0.1, 0.15) is 5.69 Å². The van der Waals surface area contributed by atoms with E-state index in [9.17, 15) is 4.79 Å². The standard InChI is InChI=1S/C16H16N2O2/c1-3-6-13-15-11(9-14(17-13)16(19)20-2)10-7-4-5-8-12(10)18-15/h4-5,7-9,18H,3,6H2,1-2H3. The van der Waals surface area contributed by atoms with Crippen molar-refractivity contribution in [3.8, 4) is 0 Å². The molecule has 1 aromatic carbocycles. The van der Waals surface area contributed by atoms with Crippen molar-refractivity contribution in [2.45, 2.75) is 19.8 Å². The number of rotatable bonds is 3. The molecule has 0 saturated heterocycles. The number of methoxy groups -OCH3 is 1. The molecule has 3 aromatic rings. The molecule has 3 rings (SSSR count). The third-order valence-corrected chi connectivity index (χ3v) is 3.45. The van der Waals surface area contributed by atoms with Crippen LogP contribution in [0.5, 0.6) is 0 Å². The van der Waals surface area contributed by atoms with Gasteiger partial charge < -0.3 is 9.72 Å². The number of nitrogens with zero attached hydrogens (tertiary/aromatic N) is 1.